The quantitative estimate of drug-likeness (QED) is 0.850. The monoisotopic (exact) mass is 294 g/mol. The molecule has 2 unspecified atom stereocenters. The Labute approximate surface area is 121 Å². The second-order valence-electron chi connectivity index (χ2n) is 4.51. The molecule has 6 nitrogen and oxygen atoms in total. The second kappa shape index (κ2) is 6.15. The summed E-state index contributed by atoms with van der Waals surface area (Å²) in [6, 6.07) is 3.87. The van der Waals surface area contributed by atoms with Gasteiger partial charge in [-0.2, -0.15) is 0 Å². The number of aromatic nitrogens is 3. The molecule has 0 saturated heterocycles. The number of esters is 1. The normalized spacial score (nSPS) is 14.0. The van der Waals surface area contributed by atoms with Gasteiger partial charge in [0.1, 0.15) is 12.4 Å². The van der Waals surface area contributed by atoms with Gasteiger partial charge in [-0.3, -0.25) is 0 Å². The molecule has 0 aliphatic heterocycles. The van der Waals surface area contributed by atoms with Crippen LogP contribution < -0.4 is 5.73 Å². The number of hydrogen-bond donors (Lipinski definition) is 1. The average Bonchev–Trinajstić information content (AvgIpc) is 3.08. The van der Waals surface area contributed by atoms with E-state index in [0.29, 0.717) is 0 Å². The van der Waals surface area contributed by atoms with Crippen molar-refractivity contribution in [1.82, 2.24) is 14.8 Å². The number of ether oxygens (including phenoxy) is 1. The smallest absolute Gasteiger partial charge is 0.377 e. The summed E-state index contributed by atoms with van der Waals surface area (Å²) < 4.78 is 6.26. The molecule has 2 rings (SSSR count). The lowest BCUT2D eigenvalue weighted by atomic mass is 10.1. The van der Waals surface area contributed by atoms with Crippen molar-refractivity contribution < 1.29 is 9.53 Å². The van der Waals surface area contributed by atoms with Crippen molar-refractivity contribution >= 4 is 17.3 Å². The molecular formula is C13H18N4O2S. The molecule has 0 bridgehead atoms. The van der Waals surface area contributed by atoms with Gasteiger partial charge < -0.3 is 10.5 Å². The van der Waals surface area contributed by atoms with Crippen LogP contribution in [0.1, 0.15) is 39.8 Å². The Morgan fingerprint density at radius 1 is 1.55 bits per heavy atom. The topological polar surface area (TPSA) is 83.0 Å². The van der Waals surface area contributed by atoms with Crippen LogP contribution in [0.5, 0.6) is 0 Å². The standard InChI is InChI=1S/C13H18N4O2S/c1-4-9(14)11(10-6-5-8(2)20-10)17-7-15-12(16-17)13(18)19-3/h5-7,9,11H,4,14H2,1-3H3. The number of nitrogens with zero attached hydrogens (tertiary/aromatic N) is 3. The van der Waals surface area contributed by atoms with E-state index in [-0.39, 0.29) is 17.9 Å². The van der Waals surface area contributed by atoms with E-state index < -0.39 is 5.97 Å². The minimum Gasteiger partial charge on any atom is -0.463 e. The third kappa shape index (κ3) is 2.88. The van der Waals surface area contributed by atoms with Crippen molar-refractivity contribution in [3.63, 3.8) is 0 Å². The van der Waals surface area contributed by atoms with Crippen molar-refractivity contribution in [1.29, 1.82) is 0 Å². The lowest BCUT2D eigenvalue weighted by molar-refractivity contribution is 0.0586. The van der Waals surface area contributed by atoms with Gasteiger partial charge in [0.05, 0.1) is 7.11 Å². The fourth-order valence-electron chi connectivity index (χ4n) is 1.97. The number of carbonyl (C=O) groups excluding carboxylic acids is 1. The fraction of sp³-hybridized carbons (Fsp3) is 0.462. The zero-order valence-electron chi connectivity index (χ0n) is 11.7. The van der Waals surface area contributed by atoms with E-state index in [1.165, 1.54) is 18.3 Å². The molecule has 0 amide bonds. The Kier molecular flexibility index (Phi) is 4.51. The molecule has 0 aromatic carbocycles. The zero-order valence-corrected chi connectivity index (χ0v) is 12.6. The predicted octanol–water partition coefficient (Wildman–Crippen LogP) is 1.76. The third-order valence-corrected chi connectivity index (χ3v) is 4.16. The maximum Gasteiger partial charge on any atom is 0.377 e. The minimum atomic E-state index is -0.546. The van der Waals surface area contributed by atoms with Gasteiger partial charge in [-0.15, -0.1) is 16.4 Å². The van der Waals surface area contributed by atoms with Crippen LogP contribution in [-0.4, -0.2) is 33.9 Å². The first-order valence-corrected chi connectivity index (χ1v) is 7.19. The van der Waals surface area contributed by atoms with Crippen molar-refractivity contribution in [2.75, 3.05) is 7.11 Å². The molecule has 7 heteroatoms. The highest BCUT2D eigenvalue weighted by Gasteiger charge is 2.24. The van der Waals surface area contributed by atoms with Gasteiger partial charge in [0, 0.05) is 15.8 Å². The van der Waals surface area contributed by atoms with Crippen LogP contribution >= 0.6 is 11.3 Å². The molecule has 108 valence electrons. The van der Waals surface area contributed by atoms with Crippen molar-refractivity contribution in [3.8, 4) is 0 Å². The minimum absolute atomic E-state index is 0.0501. The SMILES string of the molecule is CCC(N)C(c1ccc(C)s1)n1cnc(C(=O)OC)n1. The van der Waals surface area contributed by atoms with Crippen LogP contribution in [0.4, 0.5) is 0 Å². The summed E-state index contributed by atoms with van der Waals surface area (Å²) in [7, 11) is 1.31. The molecular weight excluding hydrogens is 276 g/mol. The Hall–Kier alpha value is -1.73. The highest BCUT2D eigenvalue weighted by molar-refractivity contribution is 7.12. The highest BCUT2D eigenvalue weighted by Crippen LogP contribution is 2.28. The van der Waals surface area contributed by atoms with Gasteiger partial charge in [-0.25, -0.2) is 14.5 Å². The molecule has 0 spiro atoms. The van der Waals surface area contributed by atoms with Crippen LogP contribution in [0.3, 0.4) is 0 Å². The summed E-state index contributed by atoms with van der Waals surface area (Å²) in [4.78, 5) is 17.7. The van der Waals surface area contributed by atoms with Gasteiger partial charge in [-0.1, -0.05) is 6.92 Å². The Balaban J connectivity index is 2.36. The number of carbonyl (C=O) groups is 1. The summed E-state index contributed by atoms with van der Waals surface area (Å²) in [5.41, 5.74) is 6.21. The number of nitrogens with two attached hydrogens (primary N) is 1. The van der Waals surface area contributed by atoms with Crippen LogP contribution in [0.15, 0.2) is 18.5 Å². The number of rotatable bonds is 5. The van der Waals surface area contributed by atoms with Gasteiger partial charge >= 0.3 is 5.97 Å². The number of methoxy groups -OCH3 is 1. The highest BCUT2D eigenvalue weighted by atomic mass is 32.1. The molecule has 2 heterocycles. The molecule has 2 aromatic rings. The van der Waals surface area contributed by atoms with Gasteiger partial charge in [-0.05, 0) is 25.5 Å². The summed E-state index contributed by atoms with van der Waals surface area (Å²) >= 11 is 1.67. The molecule has 2 aromatic heterocycles. The van der Waals surface area contributed by atoms with E-state index >= 15 is 0 Å². The van der Waals surface area contributed by atoms with Crippen LogP contribution in [-0.2, 0) is 4.74 Å². The Morgan fingerprint density at radius 3 is 2.85 bits per heavy atom. The van der Waals surface area contributed by atoms with Gasteiger partial charge in [0.15, 0.2) is 0 Å². The molecule has 20 heavy (non-hydrogen) atoms. The van der Waals surface area contributed by atoms with E-state index in [9.17, 15) is 4.79 Å². The second-order valence-corrected chi connectivity index (χ2v) is 5.82. The van der Waals surface area contributed by atoms with E-state index in [2.05, 4.69) is 14.8 Å². The number of aryl methyl sites for hydroxylation is 1. The van der Waals surface area contributed by atoms with E-state index in [0.717, 1.165) is 11.3 Å². The predicted molar refractivity (Wildman–Crippen MR) is 76.8 cm³/mol. The molecule has 0 aliphatic rings. The first-order valence-electron chi connectivity index (χ1n) is 6.38. The van der Waals surface area contributed by atoms with Crippen molar-refractivity contribution in [2.24, 2.45) is 5.73 Å². The van der Waals surface area contributed by atoms with E-state index in [1.54, 1.807) is 16.0 Å². The van der Waals surface area contributed by atoms with Crippen LogP contribution in [0, 0.1) is 6.92 Å². The Morgan fingerprint density at radius 2 is 2.30 bits per heavy atom. The summed E-state index contributed by atoms with van der Waals surface area (Å²) in [5.74, 6) is -0.496. The first-order chi connectivity index (χ1) is 9.56. The maximum absolute atomic E-state index is 11.4. The maximum atomic E-state index is 11.4. The summed E-state index contributed by atoms with van der Waals surface area (Å²) in [5, 5.41) is 4.19. The molecule has 0 aliphatic carbocycles. The third-order valence-electron chi connectivity index (χ3n) is 3.09. The average molecular weight is 294 g/mol. The molecule has 2 N–H and O–H groups in total. The van der Waals surface area contributed by atoms with Gasteiger partial charge in [0.2, 0.25) is 0 Å². The lowest BCUT2D eigenvalue weighted by Crippen LogP contribution is -2.32. The van der Waals surface area contributed by atoms with Gasteiger partial charge in [0.25, 0.3) is 5.82 Å². The van der Waals surface area contributed by atoms with Crippen molar-refractivity contribution in [2.45, 2.75) is 32.4 Å². The summed E-state index contributed by atoms with van der Waals surface area (Å²) in [6.07, 6.45) is 2.33. The molecule has 0 radical (unpaired) electrons. The largest absolute Gasteiger partial charge is 0.463 e. The molecule has 2 atom stereocenters. The van der Waals surface area contributed by atoms with Crippen LogP contribution in [0.2, 0.25) is 0 Å². The number of thiophene rings is 1. The lowest BCUT2D eigenvalue weighted by Gasteiger charge is -2.21. The van der Waals surface area contributed by atoms with Crippen LogP contribution in [0.25, 0.3) is 0 Å². The van der Waals surface area contributed by atoms with E-state index in [1.807, 2.05) is 26.0 Å². The van der Waals surface area contributed by atoms with Crippen molar-refractivity contribution in [3.05, 3.63) is 34.0 Å². The zero-order chi connectivity index (χ0) is 14.7. The first kappa shape index (κ1) is 14.7. The fourth-order valence-corrected chi connectivity index (χ4v) is 3.01. The Bertz CT molecular complexity index is 593. The number of hydrogen-bond acceptors (Lipinski definition) is 6. The molecule has 0 fully saturated rings. The van der Waals surface area contributed by atoms with E-state index in [4.69, 9.17) is 5.73 Å². The summed E-state index contributed by atoms with van der Waals surface area (Å²) in [6.45, 7) is 4.07. The molecule has 0 saturated carbocycles.